The molecule has 3 heterocycles. The fraction of sp³-hybridized carbons (Fsp3) is 0.765. The first kappa shape index (κ1) is 19.2. The van der Waals surface area contributed by atoms with Crippen LogP contribution in [0.25, 0.3) is 0 Å². The van der Waals surface area contributed by atoms with Gasteiger partial charge in [0.15, 0.2) is 0 Å². The van der Waals surface area contributed by atoms with Gasteiger partial charge in [-0.3, -0.25) is 9.48 Å². The second-order valence-corrected chi connectivity index (χ2v) is 6.99. The monoisotopic (exact) mass is 356 g/mol. The van der Waals surface area contributed by atoms with Gasteiger partial charge in [-0.25, -0.2) is 0 Å². The fourth-order valence-electron chi connectivity index (χ4n) is 4.07. The Bertz CT molecular complexity index is 563. The number of methoxy groups -OCH3 is 1. The van der Waals surface area contributed by atoms with E-state index in [0.29, 0.717) is 37.6 Å². The predicted molar refractivity (Wildman–Crippen MR) is 96.7 cm³/mol. The van der Waals surface area contributed by atoms with Gasteiger partial charge in [-0.05, 0) is 45.4 Å². The summed E-state index contributed by atoms with van der Waals surface area (Å²) in [5.41, 5.74) is 2.73. The van der Waals surface area contributed by atoms with Crippen LogP contribution in [0.1, 0.15) is 43.5 Å². The van der Waals surface area contributed by atoms with E-state index in [1.165, 1.54) is 12.8 Å². The molecule has 136 valence electrons. The van der Waals surface area contributed by atoms with Crippen LogP contribution in [-0.2, 0) is 16.1 Å². The van der Waals surface area contributed by atoms with Gasteiger partial charge in [-0.15, -0.1) is 12.4 Å². The summed E-state index contributed by atoms with van der Waals surface area (Å²) in [5.74, 6) is 0.631. The Kier molecular flexibility index (Phi) is 6.66. The van der Waals surface area contributed by atoms with Crippen molar-refractivity contribution in [2.24, 2.45) is 5.92 Å². The molecule has 0 spiro atoms. The summed E-state index contributed by atoms with van der Waals surface area (Å²) in [5, 5.41) is 11.2. The molecule has 1 aromatic heterocycles. The molecule has 0 saturated carbocycles. The Labute approximate surface area is 150 Å². The zero-order valence-electron chi connectivity index (χ0n) is 14.8. The number of fused-ring (bicyclic) bond motifs is 2. The van der Waals surface area contributed by atoms with Crippen LogP contribution < -0.4 is 10.6 Å². The summed E-state index contributed by atoms with van der Waals surface area (Å²) in [7, 11) is 1.68. The van der Waals surface area contributed by atoms with Crippen molar-refractivity contribution < 1.29 is 9.53 Å². The van der Waals surface area contributed by atoms with E-state index in [1.807, 2.05) is 18.5 Å². The molecule has 24 heavy (non-hydrogen) atoms. The third kappa shape index (κ3) is 4.29. The number of piperidine rings is 1. The third-order valence-corrected chi connectivity index (χ3v) is 5.20. The summed E-state index contributed by atoms with van der Waals surface area (Å²) < 4.78 is 7.01. The average molecular weight is 357 g/mol. The number of carbonyl (C=O) groups excluding carboxylic acids is 1. The molecule has 2 saturated heterocycles. The SMILES string of the molecule is COCCn1nc(C)c(NC(=O)CC2CC3CCC(C2)N3)c1C.Cl. The van der Waals surface area contributed by atoms with Crippen molar-refractivity contribution in [1.29, 1.82) is 0 Å². The fourth-order valence-corrected chi connectivity index (χ4v) is 4.07. The Morgan fingerprint density at radius 1 is 1.33 bits per heavy atom. The number of ether oxygens (including phenoxy) is 1. The molecule has 2 unspecified atom stereocenters. The summed E-state index contributed by atoms with van der Waals surface area (Å²) in [6.45, 7) is 5.26. The molecule has 2 N–H and O–H groups in total. The first-order chi connectivity index (χ1) is 11.1. The lowest BCUT2D eigenvalue weighted by molar-refractivity contribution is -0.117. The highest BCUT2D eigenvalue weighted by Crippen LogP contribution is 2.33. The van der Waals surface area contributed by atoms with Gasteiger partial charge in [-0.1, -0.05) is 0 Å². The molecule has 2 atom stereocenters. The van der Waals surface area contributed by atoms with Crippen molar-refractivity contribution in [2.45, 2.75) is 64.6 Å². The standard InChI is InChI=1S/C17H28N4O2.ClH/c1-11-17(12(2)21(20-11)6-7-23-3)19-16(22)10-13-8-14-4-5-15(9-13)18-14;/h13-15,18H,4-10H2,1-3H3,(H,19,22);1H. The minimum atomic E-state index is 0. The van der Waals surface area contributed by atoms with Gasteiger partial charge < -0.3 is 15.4 Å². The van der Waals surface area contributed by atoms with Crippen LogP contribution in [0.5, 0.6) is 0 Å². The highest BCUT2D eigenvalue weighted by Gasteiger charge is 2.34. The Morgan fingerprint density at radius 3 is 2.62 bits per heavy atom. The van der Waals surface area contributed by atoms with Crippen molar-refractivity contribution in [3.05, 3.63) is 11.4 Å². The zero-order chi connectivity index (χ0) is 16.4. The number of hydrogen-bond donors (Lipinski definition) is 2. The average Bonchev–Trinajstić information content (AvgIpc) is 2.98. The number of amides is 1. The first-order valence-electron chi connectivity index (χ1n) is 8.65. The number of rotatable bonds is 6. The summed E-state index contributed by atoms with van der Waals surface area (Å²) in [6, 6.07) is 1.26. The van der Waals surface area contributed by atoms with Crippen molar-refractivity contribution in [2.75, 3.05) is 19.0 Å². The number of hydrogen-bond acceptors (Lipinski definition) is 4. The molecule has 2 aliphatic heterocycles. The lowest BCUT2D eigenvalue weighted by atomic mass is 9.89. The van der Waals surface area contributed by atoms with Crippen LogP contribution in [0.15, 0.2) is 0 Å². The molecule has 1 amide bonds. The smallest absolute Gasteiger partial charge is 0.224 e. The maximum absolute atomic E-state index is 12.4. The second kappa shape index (κ2) is 8.32. The van der Waals surface area contributed by atoms with E-state index in [4.69, 9.17) is 4.74 Å². The first-order valence-corrected chi connectivity index (χ1v) is 8.65. The molecule has 3 rings (SSSR count). The van der Waals surface area contributed by atoms with E-state index in [2.05, 4.69) is 15.7 Å². The lowest BCUT2D eigenvalue weighted by Gasteiger charge is -2.28. The molecule has 0 radical (unpaired) electrons. The molecule has 2 aliphatic rings. The van der Waals surface area contributed by atoms with Crippen molar-refractivity contribution in [1.82, 2.24) is 15.1 Å². The van der Waals surface area contributed by atoms with Crippen LogP contribution in [-0.4, -0.2) is 41.5 Å². The van der Waals surface area contributed by atoms with Crippen LogP contribution in [0.3, 0.4) is 0 Å². The highest BCUT2D eigenvalue weighted by atomic mass is 35.5. The topological polar surface area (TPSA) is 68.2 Å². The Morgan fingerprint density at radius 2 is 2.00 bits per heavy atom. The number of aryl methyl sites for hydroxylation is 1. The van der Waals surface area contributed by atoms with Crippen LogP contribution >= 0.6 is 12.4 Å². The molecule has 1 aromatic rings. The van der Waals surface area contributed by atoms with Crippen molar-refractivity contribution >= 4 is 24.0 Å². The number of anilines is 1. The van der Waals surface area contributed by atoms with E-state index in [1.54, 1.807) is 7.11 Å². The van der Waals surface area contributed by atoms with E-state index in [9.17, 15) is 4.79 Å². The van der Waals surface area contributed by atoms with Gasteiger partial charge in [0.25, 0.3) is 0 Å². The largest absolute Gasteiger partial charge is 0.383 e. The van der Waals surface area contributed by atoms with Gasteiger partial charge >= 0.3 is 0 Å². The number of aromatic nitrogens is 2. The molecule has 0 aromatic carbocycles. The van der Waals surface area contributed by atoms with Crippen molar-refractivity contribution in [3.63, 3.8) is 0 Å². The van der Waals surface area contributed by atoms with Crippen LogP contribution in [0, 0.1) is 19.8 Å². The quantitative estimate of drug-likeness (QED) is 0.821. The number of nitrogens with zero attached hydrogens (tertiary/aromatic N) is 2. The van der Waals surface area contributed by atoms with E-state index in [-0.39, 0.29) is 18.3 Å². The van der Waals surface area contributed by atoms with E-state index < -0.39 is 0 Å². The summed E-state index contributed by atoms with van der Waals surface area (Å²) >= 11 is 0. The minimum Gasteiger partial charge on any atom is -0.383 e. The summed E-state index contributed by atoms with van der Waals surface area (Å²) in [4.78, 5) is 12.4. The van der Waals surface area contributed by atoms with Gasteiger partial charge in [-0.2, -0.15) is 5.10 Å². The highest BCUT2D eigenvalue weighted by molar-refractivity contribution is 5.92. The molecule has 0 aliphatic carbocycles. The lowest BCUT2D eigenvalue weighted by Crippen LogP contribution is -2.39. The van der Waals surface area contributed by atoms with Gasteiger partial charge in [0.1, 0.15) is 0 Å². The van der Waals surface area contributed by atoms with E-state index in [0.717, 1.165) is 29.9 Å². The maximum Gasteiger partial charge on any atom is 0.224 e. The minimum absolute atomic E-state index is 0. The second-order valence-electron chi connectivity index (χ2n) is 6.99. The van der Waals surface area contributed by atoms with Crippen LogP contribution in [0.4, 0.5) is 5.69 Å². The molecule has 7 heteroatoms. The third-order valence-electron chi connectivity index (χ3n) is 5.20. The molecule has 2 fully saturated rings. The van der Waals surface area contributed by atoms with Crippen LogP contribution in [0.2, 0.25) is 0 Å². The Balaban J connectivity index is 0.00000208. The Hall–Kier alpha value is -1.11. The normalized spacial score (nSPS) is 25.4. The van der Waals surface area contributed by atoms with Gasteiger partial charge in [0.2, 0.25) is 5.91 Å². The number of nitrogens with one attached hydrogen (secondary N) is 2. The zero-order valence-corrected chi connectivity index (χ0v) is 15.6. The number of halogens is 1. The van der Waals surface area contributed by atoms with Gasteiger partial charge in [0, 0.05) is 25.6 Å². The predicted octanol–water partition coefficient (Wildman–Crippen LogP) is 2.43. The molecular weight excluding hydrogens is 328 g/mol. The van der Waals surface area contributed by atoms with Crippen molar-refractivity contribution in [3.8, 4) is 0 Å². The van der Waals surface area contributed by atoms with Gasteiger partial charge in [0.05, 0.1) is 30.2 Å². The summed E-state index contributed by atoms with van der Waals surface area (Å²) in [6.07, 6.45) is 5.43. The number of carbonyl (C=O) groups is 1. The molecule has 6 nitrogen and oxygen atoms in total. The molecular formula is C17H29ClN4O2. The maximum atomic E-state index is 12.4. The molecule has 2 bridgehead atoms. The van der Waals surface area contributed by atoms with E-state index >= 15 is 0 Å².